The topological polar surface area (TPSA) is 18.5 Å². The van der Waals surface area contributed by atoms with E-state index in [9.17, 15) is 13.2 Å². The molecule has 1 rings (SSSR count). The lowest BCUT2D eigenvalue weighted by molar-refractivity contribution is -0.274. The quantitative estimate of drug-likeness (QED) is 0.810. The van der Waals surface area contributed by atoms with Crippen LogP contribution in [0.4, 0.5) is 13.2 Å². The first-order chi connectivity index (χ1) is 7.92. The largest absolute Gasteiger partial charge is 0.573 e. The predicted molar refractivity (Wildman–Crippen MR) is 61.3 cm³/mol. The lowest BCUT2D eigenvalue weighted by Crippen LogP contribution is -2.17. The number of benzene rings is 1. The molecule has 0 unspecified atom stereocenters. The summed E-state index contributed by atoms with van der Waals surface area (Å²) in [6.07, 6.45) is -3.16. The smallest absolute Gasteiger partial charge is 0.489 e. The van der Waals surface area contributed by atoms with Crippen LogP contribution in [0.1, 0.15) is 0 Å². The average Bonchev–Trinajstić information content (AvgIpc) is 2.21. The van der Waals surface area contributed by atoms with Crippen molar-refractivity contribution >= 4 is 27.5 Å². The van der Waals surface area contributed by atoms with Crippen molar-refractivity contribution in [1.82, 2.24) is 0 Å². The lowest BCUT2D eigenvalue weighted by atomic mass is 10.3. The molecule has 2 nitrogen and oxygen atoms in total. The first-order valence-corrected chi connectivity index (χ1v) is 5.58. The van der Waals surface area contributed by atoms with E-state index in [1.165, 1.54) is 17.7 Å². The van der Waals surface area contributed by atoms with Crippen molar-refractivity contribution in [2.45, 2.75) is 6.36 Å². The highest BCUT2D eigenvalue weighted by atomic mass is 79.9. The summed E-state index contributed by atoms with van der Waals surface area (Å²) in [7, 11) is 0. The summed E-state index contributed by atoms with van der Waals surface area (Å²) in [5, 5.41) is 0. The molecule has 0 aromatic heterocycles. The molecule has 17 heavy (non-hydrogen) atoms. The van der Waals surface area contributed by atoms with Crippen LogP contribution in [0.2, 0.25) is 0 Å². The first kappa shape index (κ1) is 14.2. The summed E-state index contributed by atoms with van der Waals surface area (Å²) in [5.41, 5.74) is 1.29. The summed E-state index contributed by atoms with van der Waals surface area (Å²) in [5.74, 6) is 0.0823. The number of rotatable bonds is 4. The molecule has 94 valence electrons. The molecule has 0 bridgehead atoms. The van der Waals surface area contributed by atoms with E-state index in [-0.39, 0.29) is 16.8 Å². The number of alkyl halides is 3. The second kappa shape index (κ2) is 6.16. The Kier molecular flexibility index (Phi) is 5.14. The molecule has 0 aliphatic carbocycles. The Morgan fingerprint density at radius 1 is 1.35 bits per heavy atom. The summed E-state index contributed by atoms with van der Waals surface area (Å²) in [4.78, 5) is 0. The number of hydrogen-bond acceptors (Lipinski definition) is 2. The fraction of sp³-hybridized carbons (Fsp3) is 0.200. The van der Waals surface area contributed by atoms with Crippen molar-refractivity contribution in [1.29, 1.82) is 0 Å². The van der Waals surface area contributed by atoms with Crippen molar-refractivity contribution < 1.29 is 22.6 Å². The van der Waals surface area contributed by atoms with Crippen LogP contribution in [-0.4, -0.2) is 13.0 Å². The van der Waals surface area contributed by atoms with E-state index in [0.29, 0.717) is 5.75 Å². The zero-order chi connectivity index (χ0) is 12.9. The Morgan fingerprint density at radius 2 is 2.06 bits per heavy atom. The molecule has 7 heteroatoms. The van der Waals surface area contributed by atoms with Crippen molar-refractivity contribution in [3.05, 3.63) is 34.3 Å². The Hall–Kier alpha value is -0.880. The fourth-order valence-electron chi connectivity index (χ4n) is 0.960. The van der Waals surface area contributed by atoms with Crippen LogP contribution in [0.25, 0.3) is 0 Å². The molecule has 0 aliphatic rings. The summed E-state index contributed by atoms with van der Waals surface area (Å²) >= 11 is 8.24. The van der Waals surface area contributed by atoms with E-state index in [2.05, 4.69) is 20.7 Å². The molecule has 0 spiro atoms. The molecular weight excluding hydrogens is 324 g/mol. The molecule has 0 radical (unpaired) electrons. The summed E-state index contributed by atoms with van der Waals surface area (Å²) in [6.45, 7) is 0.232. The second-order valence-corrected chi connectivity index (χ2v) is 3.92. The van der Waals surface area contributed by atoms with E-state index in [0.717, 1.165) is 6.07 Å². The second-order valence-electron chi connectivity index (χ2n) is 2.81. The highest BCUT2D eigenvalue weighted by Gasteiger charge is 2.31. The minimum Gasteiger partial charge on any atom is -0.489 e. The molecular formula is C10H7BrClF3O2. The maximum absolute atomic E-state index is 12.0. The molecule has 1 aromatic rings. The van der Waals surface area contributed by atoms with Crippen LogP contribution < -0.4 is 9.47 Å². The molecule has 0 heterocycles. The van der Waals surface area contributed by atoms with Gasteiger partial charge < -0.3 is 9.47 Å². The van der Waals surface area contributed by atoms with E-state index < -0.39 is 6.36 Å². The molecule has 0 atom stereocenters. The van der Waals surface area contributed by atoms with Crippen molar-refractivity contribution in [2.75, 3.05) is 6.61 Å². The van der Waals surface area contributed by atoms with Gasteiger partial charge in [-0.1, -0.05) is 11.6 Å². The number of hydrogen-bond donors (Lipinski definition) is 0. The standard InChI is InChI=1S/C10H7BrClF3O2/c11-8-6-7(16-5-1-4-12)2-3-9(8)17-10(13,14)15/h1-4,6H,5H2/b4-1+. The monoisotopic (exact) mass is 330 g/mol. The highest BCUT2D eigenvalue weighted by Crippen LogP contribution is 2.33. The van der Waals surface area contributed by atoms with Crippen molar-refractivity contribution in [3.63, 3.8) is 0 Å². The van der Waals surface area contributed by atoms with Crippen molar-refractivity contribution in [3.8, 4) is 11.5 Å². The van der Waals surface area contributed by atoms with E-state index >= 15 is 0 Å². The van der Waals surface area contributed by atoms with Gasteiger partial charge in [0.25, 0.3) is 0 Å². The number of ether oxygens (including phenoxy) is 2. The third kappa shape index (κ3) is 5.32. The van der Waals surface area contributed by atoms with Gasteiger partial charge in [0, 0.05) is 5.54 Å². The van der Waals surface area contributed by atoms with Crippen LogP contribution in [0.3, 0.4) is 0 Å². The molecule has 0 saturated heterocycles. The van der Waals surface area contributed by atoms with Gasteiger partial charge in [0.1, 0.15) is 18.1 Å². The Labute approximate surface area is 109 Å². The molecule has 0 N–H and O–H groups in total. The molecule has 0 aliphatic heterocycles. The molecule has 1 aromatic carbocycles. The van der Waals surface area contributed by atoms with Gasteiger partial charge in [-0.25, -0.2) is 0 Å². The molecule has 0 amide bonds. The van der Waals surface area contributed by atoms with E-state index in [1.807, 2.05) is 0 Å². The van der Waals surface area contributed by atoms with Gasteiger partial charge in [-0.05, 0) is 40.2 Å². The normalized spacial score (nSPS) is 11.8. The third-order valence-corrected chi connectivity index (χ3v) is 2.36. The minimum absolute atomic E-state index is 0.155. The summed E-state index contributed by atoms with van der Waals surface area (Å²) < 4.78 is 45.0. The minimum atomic E-state index is -4.72. The molecule has 0 saturated carbocycles. The SMILES string of the molecule is FC(F)(F)Oc1ccc(OC/C=C/Cl)cc1Br. The van der Waals surface area contributed by atoms with E-state index in [4.69, 9.17) is 16.3 Å². The Morgan fingerprint density at radius 3 is 2.59 bits per heavy atom. The molecule has 0 fully saturated rings. The first-order valence-electron chi connectivity index (χ1n) is 4.35. The van der Waals surface area contributed by atoms with Crippen LogP contribution in [0, 0.1) is 0 Å². The van der Waals surface area contributed by atoms with Crippen LogP contribution >= 0.6 is 27.5 Å². The number of halogens is 5. The Balaban J connectivity index is 2.72. The van der Waals surface area contributed by atoms with Crippen LogP contribution in [-0.2, 0) is 0 Å². The third-order valence-electron chi connectivity index (χ3n) is 1.56. The van der Waals surface area contributed by atoms with Crippen LogP contribution in [0.15, 0.2) is 34.3 Å². The van der Waals surface area contributed by atoms with Gasteiger partial charge in [-0.2, -0.15) is 0 Å². The fourth-order valence-corrected chi connectivity index (χ4v) is 1.47. The van der Waals surface area contributed by atoms with Gasteiger partial charge in [0.05, 0.1) is 4.47 Å². The van der Waals surface area contributed by atoms with Gasteiger partial charge in [-0.15, -0.1) is 13.2 Å². The Bertz CT molecular complexity index is 407. The maximum Gasteiger partial charge on any atom is 0.573 e. The van der Waals surface area contributed by atoms with Gasteiger partial charge in [0.2, 0.25) is 0 Å². The van der Waals surface area contributed by atoms with Crippen LogP contribution in [0.5, 0.6) is 11.5 Å². The van der Waals surface area contributed by atoms with Gasteiger partial charge in [-0.3, -0.25) is 0 Å². The van der Waals surface area contributed by atoms with Gasteiger partial charge in [0.15, 0.2) is 0 Å². The average molecular weight is 332 g/mol. The maximum atomic E-state index is 12.0. The van der Waals surface area contributed by atoms with E-state index in [1.54, 1.807) is 6.08 Å². The predicted octanol–water partition coefficient (Wildman–Crippen LogP) is 4.48. The summed E-state index contributed by atoms with van der Waals surface area (Å²) in [6, 6.07) is 3.91. The zero-order valence-electron chi connectivity index (χ0n) is 8.30. The lowest BCUT2D eigenvalue weighted by Gasteiger charge is -2.11. The van der Waals surface area contributed by atoms with Crippen molar-refractivity contribution in [2.24, 2.45) is 0 Å². The van der Waals surface area contributed by atoms with Gasteiger partial charge >= 0.3 is 6.36 Å². The zero-order valence-corrected chi connectivity index (χ0v) is 10.6. The highest BCUT2D eigenvalue weighted by molar-refractivity contribution is 9.10.